The number of carbonyl (C=O) groups is 2. The van der Waals surface area contributed by atoms with Crippen LogP contribution < -0.4 is 0 Å². The predicted molar refractivity (Wildman–Crippen MR) is 55.2 cm³/mol. The van der Waals surface area contributed by atoms with Gasteiger partial charge in [-0.1, -0.05) is 13.8 Å². The summed E-state index contributed by atoms with van der Waals surface area (Å²) in [5.74, 6) is 0.864. The molecular formula is C12H18O3. The van der Waals surface area contributed by atoms with Gasteiger partial charge in [-0.3, -0.25) is 9.59 Å². The summed E-state index contributed by atoms with van der Waals surface area (Å²) in [7, 11) is 0. The van der Waals surface area contributed by atoms with Crippen molar-refractivity contribution in [3.05, 3.63) is 0 Å². The van der Waals surface area contributed by atoms with Crippen LogP contribution in [0.4, 0.5) is 0 Å². The molecule has 1 aliphatic heterocycles. The van der Waals surface area contributed by atoms with Gasteiger partial charge < -0.3 is 4.74 Å². The van der Waals surface area contributed by atoms with Crippen molar-refractivity contribution in [2.24, 2.45) is 17.3 Å². The van der Waals surface area contributed by atoms with E-state index in [2.05, 4.69) is 13.8 Å². The number of ketones is 1. The van der Waals surface area contributed by atoms with Crippen LogP contribution in [0.2, 0.25) is 0 Å². The van der Waals surface area contributed by atoms with E-state index in [9.17, 15) is 9.59 Å². The van der Waals surface area contributed by atoms with Gasteiger partial charge in [-0.05, 0) is 25.2 Å². The molecule has 15 heavy (non-hydrogen) atoms. The average molecular weight is 210 g/mol. The first kappa shape index (κ1) is 10.7. The summed E-state index contributed by atoms with van der Waals surface area (Å²) < 4.78 is 5.26. The van der Waals surface area contributed by atoms with Crippen LogP contribution in [-0.2, 0) is 14.3 Å². The number of rotatable bonds is 1. The first-order valence-corrected chi connectivity index (χ1v) is 5.66. The number of ether oxygens (including phenoxy) is 1. The predicted octanol–water partition coefficient (Wildman–Crippen LogP) is 1.94. The topological polar surface area (TPSA) is 43.4 Å². The number of hydrogen-bond acceptors (Lipinski definition) is 3. The summed E-state index contributed by atoms with van der Waals surface area (Å²) in [5, 5.41) is 0. The van der Waals surface area contributed by atoms with Crippen molar-refractivity contribution in [1.82, 2.24) is 0 Å². The van der Waals surface area contributed by atoms with Gasteiger partial charge in [0.1, 0.15) is 11.9 Å². The highest BCUT2D eigenvalue weighted by Gasteiger charge is 2.54. The Balaban J connectivity index is 2.21. The maximum atomic E-state index is 12.0. The summed E-state index contributed by atoms with van der Waals surface area (Å²) in [4.78, 5) is 23.3. The molecule has 0 aromatic carbocycles. The van der Waals surface area contributed by atoms with E-state index in [4.69, 9.17) is 4.74 Å². The van der Waals surface area contributed by atoms with Crippen LogP contribution in [0.15, 0.2) is 0 Å². The molecule has 0 spiro atoms. The molecule has 3 nitrogen and oxygen atoms in total. The SMILES string of the molecule is CC(C)C1CC(=O)C2(C)CC(=O)OC2C1. The number of esters is 1. The molecule has 0 bridgehead atoms. The fourth-order valence-electron chi connectivity index (χ4n) is 2.67. The summed E-state index contributed by atoms with van der Waals surface area (Å²) >= 11 is 0. The Morgan fingerprint density at radius 1 is 1.40 bits per heavy atom. The zero-order chi connectivity index (χ0) is 11.2. The molecule has 0 amide bonds. The Kier molecular flexibility index (Phi) is 2.36. The smallest absolute Gasteiger partial charge is 0.307 e. The molecule has 0 aromatic rings. The van der Waals surface area contributed by atoms with E-state index in [-0.39, 0.29) is 24.3 Å². The zero-order valence-electron chi connectivity index (χ0n) is 9.58. The maximum absolute atomic E-state index is 12.0. The van der Waals surface area contributed by atoms with Crippen LogP contribution in [0.25, 0.3) is 0 Å². The third kappa shape index (κ3) is 1.58. The quantitative estimate of drug-likeness (QED) is 0.621. The van der Waals surface area contributed by atoms with Crippen molar-refractivity contribution in [3.8, 4) is 0 Å². The van der Waals surface area contributed by atoms with Gasteiger partial charge in [-0.2, -0.15) is 0 Å². The lowest BCUT2D eigenvalue weighted by atomic mass is 9.66. The summed E-state index contributed by atoms with van der Waals surface area (Å²) in [6.45, 7) is 6.12. The third-order valence-corrected chi connectivity index (χ3v) is 4.04. The number of hydrogen-bond donors (Lipinski definition) is 0. The van der Waals surface area contributed by atoms with Gasteiger partial charge in [0.15, 0.2) is 0 Å². The van der Waals surface area contributed by atoms with Crippen LogP contribution in [0, 0.1) is 17.3 Å². The summed E-state index contributed by atoms with van der Waals surface area (Å²) in [6, 6.07) is 0. The molecule has 3 unspecified atom stereocenters. The third-order valence-electron chi connectivity index (χ3n) is 4.04. The molecule has 1 aliphatic carbocycles. The Morgan fingerprint density at radius 3 is 2.67 bits per heavy atom. The van der Waals surface area contributed by atoms with Crippen LogP contribution in [0.5, 0.6) is 0 Å². The van der Waals surface area contributed by atoms with Gasteiger partial charge in [0, 0.05) is 6.42 Å². The Labute approximate surface area is 90.2 Å². The minimum absolute atomic E-state index is 0.168. The zero-order valence-corrected chi connectivity index (χ0v) is 9.58. The number of Topliss-reactive ketones (excluding diaryl/α,β-unsaturated/α-hetero) is 1. The summed E-state index contributed by atoms with van der Waals surface area (Å²) in [6.07, 6.45) is 1.58. The van der Waals surface area contributed by atoms with Gasteiger partial charge in [0.05, 0.1) is 11.8 Å². The van der Waals surface area contributed by atoms with E-state index in [1.54, 1.807) is 0 Å². The van der Waals surface area contributed by atoms with Crippen LogP contribution >= 0.6 is 0 Å². The molecule has 3 heteroatoms. The van der Waals surface area contributed by atoms with Crippen molar-refractivity contribution >= 4 is 11.8 Å². The van der Waals surface area contributed by atoms with Gasteiger partial charge in [0.25, 0.3) is 0 Å². The first-order valence-electron chi connectivity index (χ1n) is 5.66. The molecule has 0 aromatic heterocycles. The van der Waals surface area contributed by atoms with E-state index < -0.39 is 5.41 Å². The highest BCUT2D eigenvalue weighted by Crippen LogP contribution is 2.46. The normalized spacial score (nSPS) is 40.5. The average Bonchev–Trinajstić information content (AvgIpc) is 2.41. The van der Waals surface area contributed by atoms with Crippen molar-refractivity contribution in [1.29, 1.82) is 0 Å². The molecule has 2 rings (SSSR count). The molecule has 1 saturated heterocycles. The van der Waals surface area contributed by atoms with Crippen molar-refractivity contribution in [2.75, 3.05) is 0 Å². The Bertz CT molecular complexity index is 308. The lowest BCUT2D eigenvalue weighted by Gasteiger charge is -2.37. The molecule has 84 valence electrons. The molecule has 1 heterocycles. The van der Waals surface area contributed by atoms with E-state index in [0.717, 1.165) is 6.42 Å². The Morgan fingerprint density at radius 2 is 2.07 bits per heavy atom. The minimum Gasteiger partial charge on any atom is -0.461 e. The second-order valence-electron chi connectivity index (χ2n) is 5.44. The van der Waals surface area contributed by atoms with E-state index in [1.165, 1.54) is 0 Å². The van der Waals surface area contributed by atoms with Gasteiger partial charge in [-0.15, -0.1) is 0 Å². The lowest BCUT2D eigenvalue weighted by molar-refractivity contribution is -0.145. The molecule has 1 saturated carbocycles. The van der Waals surface area contributed by atoms with Gasteiger partial charge >= 0.3 is 5.97 Å². The number of carbonyl (C=O) groups excluding carboxylic acids is 2. The second kappa shape index (κ2) is 3.32. The number of fused-ring (bicyclic) bond motifs is 1. The molecule has 3 atom stereocenters. The highest BCUT2D eigenvalue weighted by molar-refractivity contribution is 5.92. The van der Waals surface area contributed by atoms with Crippen LogP contribution in [0.1, 0.15) is 40.0 Å². The van der Waals surface area contributed by atoms with E-state index in [1.807, 2.05) is 6.92 Å². The molecule has 0 N–H and O–H groups in total. The molecule has 0 radical (unpaired) electrons. The van der Waals surface area contributed by atoms with Crippen molar-refractivity contribution in [2.45, 2.75) is 46.1 Å². The fraction of sp³-hybridized carbons (Fsp3) is 0.833. The van der Waals surface area contributed by atoms with E-state index in [0.29, 0.717) is 18.3 Å². The fourth-order valence-corrected chi connectivity index (χ4v) is 2.67. The standard InChI is InChI=1S/C12H18O3/c1-7(2)8-4-9(13)12(3)6-11(14)15-10(12)5-8/h7-8,10H,4-6H2,1-3H3. The Hall–Kier alpha value is -0.860. The van der Waals surface area contributed by atoms with Gasteiger partial charge in [-0.25, -0.2) is 0 Å². The van der Waals surface area contributed by atoms with Crippen molar-refractivity contribution in [3.63, 3.8) is 0 Å². The largest absolute Gasteiger partial charge is 0.461 e. The molecule has 2 aliphatic rings. The van der Waals surface area contributed by atoms with Crippen LogP contribution in [0.3, 0.4) is 0 Å². The first-order chi connectivity index (χ1) is 6.93. The maximum Gasteiger partial charge on any atom is 0.307 e. The summed E-state index contributed by atoms with van der Waals surface area (Å²) in [5.41, 5.74) is -0.525. The lowest BCUT2D eigenvalue weighted by Crippen LogP contribution is -2.44. The van der Waals surface area contributed by atoms with E-state index >= 15 is 0 Å². The molecular weight excluding hydrogens is 192 g/mol. The minimum atomic E-state index is -0.525. The highest BCUT2D eigenvalue weighted by atomic mass is 16.6. The van der Waals surface area contributed by atoms with Gasteiger partial charge in [0.2, 0.25) is 0 Å². The monoisotopic (exact) mass is 210 g/mol. The van der Waals surface area contributed by atoms with Crippen molar-refractivity contribution < 1.29 is 14.3 Å². The van der Waals surface area contributed by atoms with Crippen LogP contribution in [-0.4, -0.2) is 17.9 Å². The second-order valence-corrected chi connectivity index (χ2v) is 5.44. The molecule has 2 fully saturated rings.